The molecule has 2 heterocycles. The van der Waals surface area contributed by atoms with E-state index in [2.05, 4.69) is 4.98 Å². The lowest BCUT2D eigenvalue weighted by Crippen LogP contribution is -2.37. The standard InChI is InChI=1S/C28H32N2O5S/c1-19-24(29-28(35-19)21-6-4-3-5-7-21)13-16-34-25-10-8-20(9-11-27(32)33)23-18-30(15-12-22(23)25)26(31)14-17-36-2/h3-8,10H,9,11-18H2,1-2H3,(H,32,33). The predicted octanol–water partition coefficient (Wildman–Crippen LogP) is 4.93. The summed E-state index contributed by atoms with van der Waals surface area (Å²) in [6, 6.07) is 13.7. The summed E-state index contributed by atoms with van der Waals surface area (Å²) in [6.45, 7) is 3.49. The van der Waals surface area contributed by atoms with Crippen molar-refractivity contribution < 1.29 is 23.8 Å². The van der Waals surface area contributed by atoms with Gasteiger partial charge in [0.05, 0.1) is 12.3 Å². The summed E-state index contributed by atoms with van der Waals surface area (Å²) in [5.41, 5.74) is 4.89. The number of hydrogen-bond acceptors (Lipinski definition) is 6. The Hall–Kier alpha value is -3.26. The molecule has 0 saturated carbocycles. The minimum absolute atomic E-state index is 0.0578. The highest BCUT2D eigenvalue weighted by Gasteiger charge is 2.25. The van der Waals surface area contributed by atoms with Gasteiger partial charge >= 0.3 is 5.97 Å². The van der Waals surface area contributed by atoms with Crippen molar-refractivity contribution >= 4 is 23.6 Å². The van der Waals surface area contributed by atoms with Gasteiger partial charge in [0.2, 0.25) is 11.8 Å². The number of carbonyl (C=O) groups is 2. The van der Waals surface area contributed by atoms with Gasteiger partial charge in [-0.05, 0) is 55.3 Å². The van der Waals surface area contributed by atoms with Crippen LogP contribution in [0.15, 0.2) is 46.9 Å². The van der Waals surface area contributed by atoms with Gasteiger partial charge in [-0.15, -0.1) is 0 Å². The van der Waals surface area contributed by atoms with Gasteiger partial charge in [0.25, 0.3) is 0 Å². The number of benzene rings is 2. The van der Waals surface area contributed by atoms with Gasteiger partial charge in [-0.1, -0.05) is 24.3 Å². The second-order valence-electron chi connectivity index (χ2n) is 8.87. The van der Waals surface area contributed by atoms with E-state index in [-0.39, 0.29) is 12.3 Å². The van der Waals surface area contributed by atoms with Crippen LogP contribution in [-0.4, -0.2) is 52.0 Å². The zero-order valence-corrected chi connectivity index (χ0v) is 21.6. The summed E-state index contributed by atoms with van der Waals surface area (Å²) in [5.74, 6) is 2.29. The van der Waals surface area contributed by atoms with Crippen LogP contribution in [0.2, 0.25) is 0 Å². The van der Waals surface area contributed by atoms with Crippen LogP contribution >= 0.6 is 11.8 Å². The van der Waals surface area contributed by atoms with Crippen LogP contribution in [0.25, 0.3) is 11.5 Å². The number of thioether (sulfide) groups is 1. The SMILES string of the molecule is CSCCC(=O)N1CCc2c(OCCc3nc(-c4ccccc4)oc3C)ccc(CCC(=O)O)c2C1. The lowest BCUT2D eigenvalue weighted by Gasteiger charge is -2.31. The van der Waals surface area contributed by atoms with E-state index < -0.39 is 5.97 Å². The Labute approximate surface area is 215 Å². The topological polar surface area (TPSA) is 92.9 Å². The molecule has 0 saturated heterocycles. The smallest absolute Gasteiger partial charge is 0.303 e. The van der Waals surface area contributed by atoms with Gasteiger partial charge < -0.3 is 19.2 Å². The minimum Gasteiger partial charge on any atom is -0.493 e. The number of aliphatic carboxylic acids is 1. The average Bonchev–Trinajstić information content (AvgIpc) is 3.27. The molecule has 190 valence electrons. The van der Waals surface area contributed by atoms with Crippen LogP contribution in [0, 0.1) is 6.92 Å². The number of aryl methyl sites for hydroxylation is 2. The Morgan fingerprint density at radius 3 is 2.67 bits per heavy atom. The van der Waals surface area contributed by atoms with Crippen LogP contribution in [0.3, 0.4) is 0 Å². The lowest BCUT2D eigenvalue weighted by molar-refractivity contribution is -0.137. The molecule has 7 nitrogen and oxygen atoms in total. The number of carboxylic acids is 1. The van der Waals surface area contributed by atoms with Crippen LogP contribution < -0.4 is 4.74 Å². The largest absolute Gasteiger partial charge is 0.493 e. The molecule has 8 heteroatoms. The van der Waals surface area contributed by atoms with Gasteiger partial charge in [-0.3, -0.25) is 9.59 Å². The van der Waals surface area contributed by atoms with Gasteiger partial charge in [-0.2, -0.15) is 11.8 Å². The van der Waals surface area contributed by atoms with Crippen molar-refractivity contribution in [2.24, 2.45) is 0 Å². The summed E-state index contributed by atoms with van der Waals surface area (Å²) in [4.78, 5) is 30.4. The maximum Gasteiger partial charge on any atom is 0.303 e. The number of rotatable bonds is 11. The molecule has 0 fully saturated rings. The van der Waals surface area contributed by atoms with Crippen molar-refractivity contribution in [2.75, 3.05) is 25.2 Å². The molecule has 36 heavy (non-hydrogen) atoms. The van der Waals surface area contributed by atoms with E-state index in [1.54, 1.807) is 11.8 Å². The molecule has 4 rings (SSSR count). The summed E-state index contributed by atoms with van der Waals surface area (Å²) in [7, 11) is 0. The predicted molar refractivity (Wildman–Crippen MR) is 140 cm³/mol. The van der Waals surface area contributed by atoms with E-state index in [0.29, 0.717) is 51.3 Å². The van der Waals surface area contributed by atoms with E-state index in [1.165, 1.54) is 0 Å². The monoisotopic (exact) mass is 508 g/mol. The highest BCUT2D eigenvalue weighted by molar-refractivity contribution is 7.98. The van der Waals surface area contributed by atoms with Gasteiger partial charge in [0, 0.05) is 49.2 Å². The third kappa shape index (κ3) is 6.29. The molecule has 1 aliphatic rings. The fourth-order valence-electron chi connectivity index (χ4n) is 4.50. The zero-order chi connectivity index (χ0) is 25.5. The van der Waals surface area contributed by atoms with Crippen molar-refractivity contribution in [3.8, 4) is 17.2 Å². The molecule has 0 unspecified atom stereocenters. The molecule has 2 aromatic carbocycles. The summed E-state index contributed by atoms with van der Waals surface area (Å²) in [5, 5.41) is 9.19. The number of ether oxygens (including phenoxy) is 1. The maximum absolute atomic E-state index is 12.7. The molecular formula is C28H32N2O5S. The Balaban J connectivity index is 1.47. The molecular weight excluding hydrogens is 476 g/mol. The maximum atomic E-state index is 12.7. The fraction of sp³-hybridized carbons (Fsp3) is 0.393. The summed E-state index contributed by atoms with van der Waals surface area (Å²) in [6.07, 6.45) is 4.30. The van der Waals surface area contributed by atoms with Crippen LogP contribution in [-0.2, 0) is 35.4 Å². The van der Waals surface area contributed by atoms with Crippen LogP contribution in [0.1, 0.15) is 41.0 Å². The highest BCUT2D eigenvalue weighted by atomic mass is 32.2. The van der Waals surface area contributed by atoms with Gasteiger partial charge in [-0.25, -0.2) is 4.98 Å². The van der Waals surface area contributed by atoms with Crippen LogP contribution in [0.4, 0.5) is 0 Å². The average molecular weight is 509 g/mol. The molecule has 0 bridgehead atoms. The molecule has 1 amide bonds. The van der Waals surface area contributed by atoms with Crippen molar-refractivity contribution in [1.29, 1.82) is 0 Å². The fourth-order valence-corrected chi connectivity index (χ4v) is 4.88. The molecule has 0 spiro atoms. The van der Waals surface area contributed by atoms with E-state index >= 15 is 0 Å². The quantitative estimate of drug-likeness (QED) is 0.393. The number of hydrogen-bond donors (Lipinski definition) is 1. The molecule has 3 aromatic rings. The first-order valence-corrected chi connectivity index (χ1v) is 13.6. The molecule has 0 atom stereocenters. The summed E-state index contributed by atoms with van der Waals surface area (Å²) >= 11 is 1.66. The first kappa shape index (κ1) is 25.8. The van der Waals surface area contributed by atoms with Gasteiger partial charge in [0.15, 0.2) is 0 Å². The van der Waals surface area contributed by atoms with Crippen molar-refractivity contribution in [3.63, 3.8) is 0 Å². The molecule has 1 aliphatic heterocycles. The third-order valence-corrected chi connectivity index (χ3v) is 7.07. The highest BCUT2D eigenvalue weighted by Crippen LogP contribution is 2.32. The summed E-state index contributed by atoms with van der Waals surface area (Å²) < 4.78 is 12.1. The van der Waals surface area contributed by atoms with E-state index in [1.807, 2.05) is 60.5 Å². The first-order chi connectivity index (χ1) is 17.5. The third-order valence-electron chi connectivity index (χ3n) is 6.46. The Morgan fingerprint density at radius 1 is 1.11 bits per heavy atom. The number of oxazole rings is 1. The normalized spacial score (nSPS) is 12.9. The van der Waals surface area contributed by atoms with Crippen molar-refractivity contribution in [3.05, 3.63) is 70.6 Å². The van der Waals surface area contributed by atoms with Crippen molar-refractivity contribution in [2.45, 2.75) is 45.6 Å². The molecule has 1 aromatic heterocycles. The number of nitrogens with zero attached hydrogens (tertiary/aromatic N) is 2. The van der Waals surface area contributed by atoms with E-state index in [0.717, 1.165) is 45.2 Å². The zero-order valence-electron chi connectivity index (χ0n) is 20.8. The number of carbonyl (C=O) groups excluding carboxylic acids is 1. The van der Waals surface area contributed by atoms with E-state index in [9.17, 15) is 14.7 Å². The van der Waals surface area contributed by atoms with Crippen molar-refractivity contribution in [1.82, 2.24) is 9.88 Å². The van der Waals surface area contributed by atoms with E-state index in [4.69, 9.17) is 9.15 Å². The molecule has 1 N–H and O–H groups in total. The van der Waals surface area contributed by atoms with Crippen LogP contribution in [0.5, 0.6) is 5.75 Å². The first-order valence-electron chi connectivity index (χ1n) is 12.2. The second-order valence-corrected chi connectivity index (χ2v) is 9.85. The lowest BCUT2D eigenvalue weighted by atomic mass is 9.91. The number of aromatic nitrogens is 1. The van der Waals surface area contributed by atoms with Gasteiger partial charge in [0.1, 0.15) is 11.5 Å². The number of amides is 1. The Bertz CT molecular complexity index is 1210. The number of fused-ring (bicyclic) bond motifs is 1. The second kappa shape index (κ2) is 12.1. The number of carboxylic acid groups (broad SMARTS) is 1. The Kier molecular flexibility index (Phi) is 8.70. The minimum atomic E-state index is -0.828. The molecule has 0 radical (unpaired) electrons. The molecule has 0 aliphatic carbocycles. The Morgan fingerprint density at radius 2 is 1.92 bits per heavy atom.